The molecule has 4 rings (SSSR count). The van der Waals surface area contributed by atoms with E-state index in [1.54, 1.807) is 37.4 Å². The summed E-state index contributed by atoms with van der Waals surface area (Å²) < 4.78 is 79.5. The first-order valence-electron chi connectivity index (χ1n) is 10.9. The predicted octanol–water partition coefficient (Wildman–Crippen LogP) is 3.80. The maximum atomic E-state index is 13.6. The van der Waals surface area contributed by atoms with Gasteiger partial charge >= 0.3 is 12.1 Å². The monoisotopic (exact) mass is 523 g/mol. The van der Waals surface area contributed by atoms with Gasteiger partial charge < -0.3 is 14.4 Å². The van der Waals surface area contributed by atoms with E-state index in [2.05, 4.69) is 5.10 Å². The minimum Gasteiger partial charge on any atom is -0.497 e. The number of carbonyl (C=O) groups excluding carboxylic acids is 1. The van der Waals surface area contributed by atoms with Crippen molar-refractivity contribution in [1.82, 2.24) is 9.78 Å². The third-order valence-electron chi connectivity index (χ3n) is 6.16. The van der Waals surface area contributed by atoms with E-state index in [-0.39, 0.29) is 13.0 Å². The lowest BCUT2D eigenvalue weighted by atomic mass is 10.2. The number of nitrogens with zero attached hydrogens (tertiary/aromatic N) is 3. The highest BCUT2D eigenvalue weighted by atomic mass is 32.2. The second kappa shape index (κ2) is 9.49. The molecule has 1 aromatic heterocycles. The highest BCUT2D eigenvalue weighted by Crippen LogP contribution is 2.39. The molecule has 1 aliphatic rings. The van der Waals surface area contributed by atoms with E-state index in [9.17, 15) is 26.4 Å². The maximum absolute atomic E-state index is 13.6. The van der Waals surface area contributed by atoms with E-state index in [4.69, 9.17) is 9.47 Å². The molecule has 2 atom stereocenters. The normalized spacial score (nSPS) is 18.3. The number of alkyl halides is 3. The van der Waals surface area contributed by atoms with Gasteiger partial charge in [0.25, 0.3) is 0 Å². The zero-order chi connectivity index (χ0) is 26.3. The van der Waals surface area contributed by atoms with Crippen molar-refractivity contribution in [1.29, 1.82) is 0 Å². The number of aryl methyl sites for hydroxylation is 1. The van der Waals surface area contributed by atoms with Crippen LogP contribution in [0.5, 0.6) is 5.75 Å². The quantitative estimate of drug-likeness (QED) is 0.454. The molecule has 0 unspecified atom stereocenters. The lowest BCUT2D eigenvalue weighted by Crippen LogP contribution is -2.38. The summed E-state index contributed by atoms with van der Waals surface area (Å²) in [6, 6.07) is 9.98. The molecular weight excluding hydrogens is 499 g/mol. The van der Waals surface area contributed by atoms with E-state index in [0.717, 1.165) is 18.2 Å². The predicted molar refractivity (Wildman–Crippen MR) is 125 cm³/mol. The first-order chi connectivity index (χ1) is 17.0. The zero-order valence-electron chi connectivity index (χ0n) is 19.7. The Balaban J connectivity index is 1.80. The van der Waals surface area contributed by atoms with Gasteiger partial charge in [0.1, 0.15) is 17.6 Å². The van der Waals surface area contributed by atoms with Gasteiger partial charge in [-0.05, 0) is 37.6 Å². The molecule has 0 aliphatic carbocycles. The Bertz CT molecular complexity index is 1390. The van der Waals surface area contributed by atoms with E-state index in [0.29, 0.717) is 22.8 Å². The van der Waals surface area contributed by atoms with Crippen molar-refractivity contribution >= 4 is 21.6 Å². The molecule has 12 heteroatoms. The summed E-state index contributed by atoms with van der Waals surface area (Å²) >= 11 is 0. The van der Waals surface area contributed by atoms with Crippen LogP contribution in [0.4, 0.5) is 19.0 Å². The molecule has 1 aliphatic heterocycles. The number of sulfone groups is 1. The molecule has 0 spiro atoms. The Hall–Kier alpha value is -3.54. The van der Waals surface area contributed by atoms with E-state index >= 15 is 0 Å². The molecule has 0 N–H and O–H groups in total. The van der Waals surface area contributed by atoms with Crippen molar-refractivity contribution in [3.8, 4) is 11.4 Å². The van der Waals surface area contributed by atoms with Crippen LogP contribution in [0.2, 0.25) is 0 Å². The van der Waals surface area contributed by atoms with E-state index in [1.807, 2.05) is 0 Å². The first kappa shape index (κ1) is 25.5. The van der Waals surface area contributed by atoms with Crippen LogP contribution >= 0.6 is 0 Å². The highest BCUT2D eigenvalue weighted by molar-refractivity contribution is 7.92. The van der Waals surface area contributed by atoms with Crippen LogP contribution in [-0.2, 0) is 25.5 Å². The molecule has 36 heavy (non-hydrogen) atoms. The fourth-order valence-corrected chi connectivity index (χ4v) is 6.36. The Morgan fingerprint density at radius 3 is 2.50 bits per heavy atom. The topological polar surface area (TPSA) is 90.7 Å². The van der Waals surface area contributed by atoms with Crippen LogP contribution in [0, 0.1) is 6.92 Å². The fourth-order valence-electron chi connectivity index (χ4n) is 4.45. The SMILES string of the molecule is COC(=O)[C@H]1C[C@@H](S(=O)(=O)c2ccccc2C(F)(F)F)CN1c1c(C)cnn1-c1cccc(OC)c1. The number of halogens is 3. The van der Waals surface area contributed by atoms with Crippen molar-refractivity contribution < 1.29 is 35.9 Å². The Kier molecular flexibility index (Phi) is 6.74. The minimum atomic E-state index is -4.86. The Morgan fingerprint density at radius 1 is 1.11 bits per heavy atom. The molecule has 0 saturated carbocycles. The molecule has 0 radical (unpaired) electrons. The van der Waals surface area contributed by atoms with Crippen LogP contribution in [0.25, 0.3) is 5.69 Å². The van der Waals surface area contributed by atoms with Crippen LogP contribution in [0.1, 0.15) is 17.5 Å². The maximum Gasteiger partial charge on any atom is 0.417 e. The summed E-state index contributed by atoms with van der Waals surface area (Å²) in [6.45, 7) is 1.51. The van der Waals surface area contributed by atoms with E-state index < -0.39 is 43.7 Å². The first-order valence-corrected chi connectivity index (χ1v) is 12.5. The van der Waals surface area contributed by atoms with Gasteiger partial charge in [0.05, 0.1) is 41.8 Å². The van der Waals surface area contributed by atoms with Crippen molar-refractivity contribution in [2.75, 3.05) is 25.7 Å². The zero-order valence-corrected chi connectivity index (χ0v) is 20.5. The van der Waals surface area contributed by atoms with E-state index in [1.165, 1.54) is 29.9 Å². The largest absolute Gasteiger partial charge is 0.497 e. The number of hydrogen-bond acceptors (Lipinski definition) is 7. The van der Waals surface area contributed by atoms with Gasteiger partial charge in [-0.1, -0.05) is 18.2 Å². The molecule has 8 nitrogen and oxygen atoms in total. The average molecular weight is 524 g/mol. The summed E-state index contributed by atoms with van der Waals surface area (Å²) in [5, 5.41) is 3.09. The molecule has 2 aromatic carbocycles. The molecule has 1 fully saturated rings. The highest BCUT2D eigenvalue weighted by Gasteiger charge is 2.47. The summed E-state index contributed by atoms with van der Waals surface area (Å²) in [7, 11) is -1.79. The van der Waals surface area contributed by atoms with Crippen molar-refractivity contribution in [3.63, 3.8) is 0 Å². The van der Waals surface area contributed by atoms with Gasteiger partial charge in [-0.25, -0.2) is 17.9 Å². The number of esters is 1. The molecule has 1 saturated heterocycles. The number of anilines is 1. The Labute approximate surface area is 206 Å². The van der Waals surface area contributed by atoms with Gasteiger partial charge in [0.2, 0.25) is 0 Å². The second-order valence-corrected chi connectivity index (χ2v) is 10.5. The molecule has 3 aromatic rings. The number of methoxy groups -OCH3 is 2. The van der Waals surface area contributed by atoms with Gasteiger partial charge in [0, 0.05) is 18.2 Å². The van der Waals surface area contributed by atoms with Gasteiger partial charge in [-0.2, -0.15) is 18.3 Å². The van der Waals surface area contributed by atoms with Crippen LogP contribution in [-0.4, -0.2) is 56.2 Å². The summed E-state index contributed by atoms with van der Waals surface area (Å²) in [6.07, 6.45) is -3.54. The fraction of sp³-hybridized carbons (Fsp3) is 0.333. The van der Waals surface area contributed by atoms with Crippen LogP contribution < -0.4 is 9.64 Å². The summed E-state index contributed by atoms with van der Waals surface area (Å²) in [4.78, 5) is 13.4. The molecule has 0 amide bonds. The molecule has 2 heterocycles. The van der Waals surface area contributed by atoms with Gasteiger partial charge in [-0.3, -0.25) is 0 Å². The third kappa shape index (κ3) is 4.52. The lowest BCUT2D eigenvalue weighted by molar-refractivity contribution is -0.142. The second-order valence-electron chi connectivity index (χ2n) is 8.35. The van der Waals surface area contributed by atoms with Crippen LogP contribution in [0.15, 0.2) is 59.6 Å². The molecule has 192 valence electrons. The minimum absolute atomic E-state index is 0.231. The smallest absolute Gasteiger partial charge is 0.417 e. The summed E-state index contributed by atoms with van der Waals surface area (Å²) in [5.41, 5.74) is -0.00840. The number of benzene rings is 2. The summed E-state index contributed by atoms with van der Waals surface area (Å²) in [5.74, 6) is 0.289. The number of hydrogen-bond donors (Lipinski definition) is 0. The van der Waals surface area contributed by atoms with Crippen molar-refractivity contribution in [2.24, 2.45) is 0 Å². The van der Waals surface area contributed by atoms with Gasteiger partial charge in [0.15, 0.2) is 9.84 Å². The average Bonchev–Trinajstić information content (AvgIpc) is 3.47. The standard InChI is InChI=1S/C24H24F3N3O5S/c1-15-13-28-30(16-7-6-8-17(11-16)34-2)22(15)29-14-18(12-20(29)23(31)35-3)36(32,33)21-10-5-4-9-19(21)24(25,26)27/h4-11,13,18,20H,12,14H2,1-3H3/t18-,20-/m1/s1. The molecule has 0 bridgehead atoms. The van der Waals surface area contributed by atoms with Crippen molar-refractivity contribution in [3.05, 3.63) is 65.9 Å². The number of rotatable bonds is 6. The number of ether oxygens (including phenoxy) is 2. The van der Waals surface area contributed by atoms with Crippen LogP contribution in [0.3, 0.4) is 0 Å². The van der Waals surface area contributed by atoms with Crippen molar-refractivity contribution in [2.45, 2.75) is 35.7 Å². The Morgan fingerprint density at radius 2 is 1.83 bits per heavy atom. The number of carbonyl (C=O) groups is 1. The molecular formula is C24H24F3N3O5S. The van der Waals surface area contributed by atoms with Gasteiger partial charge in [-0.15, -0.1) is 0 Å². The number of aromatic nitrogens is 2. The lowest BCUT2D eigenvalue weighted by Gasteiger charge is -2.26. The third-order valence-corrected chi connectivity index (χ3v) is 8.35.